The smallest absolute Gasteiger partial charge is 0.144 e. The summed E-state index contributed by atoms with van der Waals surface area (Å²) < 4.78 is 0. The van der Waals surface area contributed by atoms with Crippen LogP contribution in [0.5, 0.6) is 0 Å². The summed E-state index contributed by atoms with van der Waals surface area (Å²) in [7, 11) is 0. The van der Waals surface area contributed by atoms with E-state index in [1.807, 2.05) is 0 Å². The summed E-state index contributed by atoms with van der Waals surface area (Å²) in [6.07, 6.45) is 2.35. The third kappa shape index (κ3) is 3.81. The first-order valence-corrected chi connectivity index (χ1v) is 2.95. The lowest BCUT2D eigenvalue weighted by Gasteiger charge is -1.99. The summed E-state index contributed by atoms with van der Waals surface area (Å²) in [5.41, 5.74) is 0. The normalized spacial score (nSPS) is 13.2. The molecule has 1 N–H and O–H groups in total. The van der Waals surface area contributed by atoms with Crippen LogP contribution in [0.3, 0.4) is 0 Å². The third-order valence-corrected chi connectivity index (χ3v) is 1.03. The molecule has 0 aromatic carbocycles. The molecule has 0 saturated carbocycles. The van der Waals surface area contributed by atoms with Gasteiger partial charge in [0.05, 0.1) is 0 Å². The van der Waals surface area contributed by atoms with Crippen LogP contribution in [0.1, 0.15) is 26.2 Å². The van der Waals surface area contributed by atoms with Crippen molar-refractivity contribution in [2.45, 2.75) is 32.4 Å². The van der Waals surface area contributed by atoms with Crippen molar-refractivity contribution in [1.29, 1.82) is 0 Å². The average molecular weight is 115 g/mol. The second kappa shape index (κ2) is 4.78. The second-order valence-electron chi connectivity index (χ2n) is 1.81. The lowest BCUT2D eigenvalue weighted by Crippen LogP contribution is -1.99. The minimum atomic E-state index is -0.532. The first kappa shape index (κ1) is 7.63. The number of aliphatic hydroxyl groups excluding tert-OH is 1. The van der Waals surface area contributed by atoms with Crippen LogP contribution >= 0.6 is 0 Å². The van der Waals surface area contributed by atoms with Gasteiger partial charge in [-0.25, -0.2) is 0 Å². The monoisotopic (exact) mass is 115 g/mol. The maximum Gasteiger partial charge on any atom is 0.144 e. The zero-order valence-electron chi connectivity index (χ0n) is 5.30. The van der Waals surface area contributed by atoms with Crippen LogP contribution in [-0.2, 0) is 0 Å². The molecule has 0 saturated heterocycles. The summed E-state index contributed by atoms with van der Waals surface area (Å²) in [5, 5.41) is 8.76. The molecule has 1 unspecified atom stereocenters. The Balaban J connectivity index is 2.98. The number of rotatable bonds is 4. The van der Waals surface area contributed by atoms with Gasteiger partial charge >= 0.3 is 0 Å². The van der Waals surface area contributed by atoms with E-state index in [9.17, 15) is 0 Å². The molecule has 2 heteroatoms. The fourth-order valence-corrected chi connectivity index (χ4v) is 0.478. The van der Waals surface area contributed by atoms with Gasteiger partial charge in [-0.1, -0.05) is 13.3 Å². The van der Waals surface area contributed by atoms with Crippen molar-refractivity contribution < 1.29 is 5.11 Å². The Morgan fingerprint density at radius 2 is 2.38 bits per heavy atom. The number of aliphatic hydroxyl groups is 1. The summed E-state index contributed by atoms with van der Waals surface area (Å²) in [5.74, 6) is 0. The fraction of sp³-hybridized carbons (Fsp3) is 0.833. The number of hydrogen-bond acceptors (Lipinski definition) is 2. The van der Waals surface area contributed by atoms with Crippen LogP contribution in [0.15, 0.2) is 4.99 Å². The summed E-state index contributed by atoms with van der Waals surface area (Å²) in [6, 6.07) is 0. The van der Waals surface area contributed by atoms with Gasteiger partial charge in [0, 0.05) is 0 Å². The molecule has 8 heavy (non-hydrogen) atoms. The molecule has 0 fully saturated rings. The van der Waals surface area contributed by atoms with Crippen molar-refractivity contribution in [3.8, 4) is 0 Å². The Bertz CT molecular complexity index is 63.5. The van der Waals surface area contributed by atoms with E-state index in [1.165, 1.54) is 0 Å². The van der Waals surface area contributed by atoms with Gasteiger partial charge in [-0.3, -0.25) is 4.99 Å². The Kier molecular flexibility index (Phi) is 4.56. The predicted molar refractivity (Wildman–Crippen MR) is 35.1 cm³/mol. The SMILES string of the molecule is C=NC(O)CCCC. The molecule has 1 atom stereocenters. The van der Waals surface area contributed by atoms with Crippen molar-refractivity contribution in [3.63, 3.8) is 0 Å². The molecule has 0 aliphatic rings. The first-order valence-electron chi connectivity index (χ1n) is 2.95. The van der Waals surface area contributed by atoms with Crippen molar-refractivity contribution in [2.75, 3.05) is 0 Å². The van der Waals surface area contributed by atoms with E-state index in [-0.39, 0.29) is 0 Å². The molecular formula is C6H13NO. The van der Waals surface area contributed by atoms with Crippen molar-refractivity contribution in [2.24, 2.45) is 4.99 Å². The highest BCUT2D eigenvalue weighted by atomic mass is 16.3. The van der Waals surface area contributed by atoms with Gasteiger partial charge in [0.15, 0.2) is 0 Å². The Labute approximate surface area is 50.3 Å². The lowest BCUT2D eigenvalue weighted by atomic mass is 10.2. The highest BCUT2D eigenvalue weighted by molar-refractivity contribution is 5.23. The predicted octanol–water partition coefficient (Wildman–Crippen LogP) is 1.20. The standard InChI is InChI=1S/C6H13NO/c1-3-4-5-6(8)7-2/h6,8H,2-5H2,1H3. The van der Waals surface area contributed by atoms with Gasteiger partial charge in [-0.05, 0) is 19.6 Å². The highest BCUT2D eigenvalue weighted by Crippen LogP contribution is 1.99. The third-order valence-electron chi connectivity index (χ3n) is 1.03. The number of nitrogens with zero attached hydrogens (tertiary/aromatic N) is 1. The topological polar surface area (TPSA) is 32.6 Å². The average Bonchev–Trinajstić information content (AvgIpc) is 1.83. The van der Waals surface area contributed by atoms with Crippen LogP contribution in [0, 0.1) is 0 Å². The largest absolute Gasteiger partial charge is 0.372 e. The van der Waals surface area contributed by atoms with Crippen molar-refractivity contribution in [1.82, 2.24) is 0 Å². The molecule has 2 nitrogen and oxygen atoms in total. The van der Waals surface area contributed by atoms with Crippen molar-refractivity contribution >= 4 is 6.72 Å². The van der Waals surface area contributed by atoms with E-state index < -0.39 is 6.23 Å². The molecule has 0 radical (unpaired) electrons. The van der Waals surface area contributed by atoms with Crippen LogP contribution in [-0.4, -0.2) is 18.1 Å². The van der Waals surface area contributed by atoms with Gasteiger partial charge in [-0.2, -0.15) is 0 Å². The summed E-state index contributed by atoms with van der Waals surface area (Å²) in [6.45, 7) is 5.29. The van der Waals surface area contributed by atoms with Gasteiger partial charge in [-0.15, -0.1) is 0 Å². The molecule has 0 bridgehead atoms. The van der Waals surface area contributed by atoms with Gasteiger partial charge in [0.1, 0.15) is 6.23 Å². The first-order chi connectivity index (χ1) is 3.81. The molecular weight excluding hydrogens is 102 g/mol. The van der Waals surface area contributed by atoms with Crippen LogP contribution in [0.25, 0.3) is 0 Å². The van der Waals surface area contributed by atoms with E-state index in [1.54, 1.807) is 0 Å². The van der Waals surface area contributed by atoms with E-state index >= 15 is 0 Å². The van der Waals surface area contributed by atoms with E-state index in [0.29, 0.717) is 0 Å². The second-order valence-corrected chi connectivity index (χ2v) is 1.81. The molecule has 0 aliphatic carbocycles. The fourth-order valence-electron chi connectivity index (χ4n) is 0.478. The molecule has 48 valence electrons. The molecule has 0 aromatic heterocycles. The molecule has 0 rings (SSSR count). The number of hydrogen-bond donors (Lipinski definition) is 1. The minimum Gasteiger partial charge on any atom is -0.372 e. The zero-order valence-corrected chi connectivity index (χ0v) is 5.30. The molecule has 0 spiro atoms. The van der Waals surface area contributed by atoms with E-state index in [2.05, 4.69) is 18.6 Å². The Morgan fingerprint density at radius 3 is 2.75 bits per heavy atom. The minimum absolute atomic E-state index is 0.532. The molecule has 0 aromatic rings. The van der Waals surface area contributed by atoms with Crippen LogP contribution in [0.2, 0.25) is 0 Å². The van der Waals surface area contributed by atoms with Gasteiger partial charge in [0.2, 0.25) is 0 Å². The maximum atomic E-state index is 8.76. The van der Waals surface area contributed by atoms with E-state index in [4.69, 9.17) is 5.11 Å². The van der Waals surface area contributed by atoms with Crippen LogP contribution < -0.4 is 0 Å². The molecule has 0 amide bonds. The molecule has 0 aliphatic heterocycles. The van der Waals surface area contributed by atoms with Gasteiger partial charge < -0.3 is 5.11 Å². The van der Waals surface area contributed by atoms with Gasteiger partial charge in [0.25, 0.3) is 0 Å². The zero-order chi connectivity index (χ0) is 6.41. The maximum absolute atomic E-state index is 8.76. The summed E-state index contributed by atoms with van der Waals surface area (Å²) in [4.78, 5) is 3.43. The quantitative estimate of drug-likeness (QED) is 0.548. The van der Waals surface area contributed by atoms with Crippen LogP contribution in [0.4, 0.5) is 0 Å². The van der Waals surface area contributed by atoms with E-state index in [0.717, 1.165) is 19.3 Å². The Hall–Kier alpha value is -0.370. The Morgan fingerprint density at radius 1 is 1.75 bits per heavy atom. The summed E-state index contributed by atoms with van der Waals surface area (Å²) >= 11 is 0. The number of unbranched alkanes of at least 4 members (excludes halogenated alkanes) is 1. The lowest BCUT2D eigenvalue weighted by molar-refractivity contribution is 0.172. The van der Waals surface area contributed by atoms with Crippen molar-refractivity contribution in [3.05, 3.63) is 0 Å². The molecule has 0 heterocycles. The number of aliphatic imine (C=N–C) groups is 1. The highest BCUT2D eigenvalue weighted by Gasteiger charge is 1.94.